The Morgan fingerprint density at radius 2 is 1.60 bits per heavy atom. The third kappa shape index (κ3) is 10.0. The van der Waals surface area contributed by atoms with Gasteiger partial charge in [0, 0.05) is 6.54 Å². The Hall–Kier alpha value is -0.820. The SMILES string of the molecule is CCCCCCCCCCCCN1CN=C(NS(=O)(=O)C(C)C)NC1. The van der Waals surface area contributed by atoms with Crippen molar-refractivity contribution >= 4 is 16.0 Å². The van der Waals surface area contributed by atoms with Gasteiger partial charge in [-0.05, 0) is 20.3 Å². The Labute approximate surface area is 154 Å². The molecule has 6 nitrogen and oxygen atoms in total. The highest BCUT2D eigenvalue weighted by atomic mass is 32.2. The molecule has 0 bridgehead atoms. The number of sulfonamides is 1. The van der Waals surface area contributed by atoms with Crippen molar-refractivity contribution < 1.29 is 8.42 Å². The lowest BCUT2D eigenvalue weighted by Crippen LogP contribution is -2.51. The molecule has 0 saturated heterocycles. The summed E-state index contributed by atoms with van der Waals surface area (Å²) >= 11 is 0. The Bertz CT molecular complexity index is 477. The first-order valence-electron chi connectivity index (χ1n) is 9.98. The third-order valence-corrected chi connectivity index (χ3v) is 6.31. The summed E-state index contributed by atoms with van der Waals surface area (Å²) < 4.78 is 26.1. The van der Waals surface area contributed by atoms with E-state index in [1.165, 1.54) is 64.2 Å². The molecule has 0 aromatic rings. The minimum atomic E-state index is -3.31. The Kier molecular flexibility index (Phi) is 11.1. The zero-order valence-electron chi connectivity index (χ0n) is 16.4. The average molecular weight is 375 g/mol. The summed E-state index contributed by atoms with van der Waals surface area (Å²) in [5.41, 5.74) is 0. The van der Waals surface area contributed by atoms with Gasteiger partial charge >= 0.3 is 0 Å². The van der Waals surface area contributed by atoms with Crippen molar-refractivity contribution in [2.24, 2.45) is 4.99 Å². The lowest BCUT2D eigenvalue weighted by atomic mass is 10.1. The molecular formula is C18H38N4O2S. The minimum absolute atomic E-state index is 0.369. The molecule has 1 aliphatic heterocycles. The Morgan fingerprint density at radius 3 is 2.08 bits per heavy atom. The van der Waals surface area contributed by atoms with Gasteiger partial charge in [-0.15, -0.1) is 0 Å². The van der Waals surface area contributed by atoms with Gasteiger partial charge in [-0.25, -0.2) is 13.4 Å². The maximum absolute atomic E-state index is 11.8. The van der Waals surface area contributed by atoms with E-state index < -0.39 is 15.3 Å². The van der Waals surface area contributed by atoms with Gasteiger partial charge in [0.05, 0.1) is 18.6 Å². The predicted molar refractivity (Wildman–Crippen MR) is 106 cm³/mol. The van der Waals surface area contributed by atoms with Crippen LogP contribution in [0.25, 0.3) is 0 Å². The van der Waals surface area contributed by atoms with Crippen LogP contribution in [0, 0.1) is 0 Å². The summed E-state index contributed by atoms with van der Waals surface area (Å²) in [6, 6.07) is 0. The maximum Gasteiger partial charge on any atom is 0.237 e. The van der Waals surface area contributed by atoms with E-state index in [2.05, 4.69) is 26.9 Å². The number of hydrogen-bond donors (Lipinski definition) is 2. The summed E-state index contributed by atoms with van der Waals surface area (Å²) in [5.74, 6) is 0.369. The van der Waals surface area contributed by atoms with E-state index >= 15 is 0 Å². The molecule has 0 spiro atoms. The Morgan fingerprint density at radius 1 is 1.04 bits per heavy atom. The van der Waals surface area contributed by atoms with Gasteiger partial charge in [-0.1, -0.05) is 64.7 Å². The van der Waals surface area contributed by atoms with Gasteiger partial charge < -0.3 is 5.32 Å². The zero-order chi connectivity index (χ0) is 18.5. The second-order valence-electron chi connectivity index (χ2n) is 7.26. The zero-order valence-corrected chi connectivity index (χ0v) is 17.2. The van der Waals surface area contributed by atoms with Crippen LogP contribution in [0.3, 0.4) is 0 Å². The van der Waals surface area contributed by atoms with Crippen molar-refractivity contribution in [3.63, 3.8) is 0 Å². The molecule has 148 valence electrons. The maximum atomic E-state index is 11.8. The van der Waals surface area contributed by atoms with Crippen molar-refractivity contribution in [2.45, 2.75) is 90.2 Å². The summed E-state index contributed by atoms with van der Waals surface area (Å²) in [6.45, 7) is 7.79. The molecule has 0 radical (unpaired) electrons. The van der Waals surface area contributed by atoms with E-state index in [1.54, 1.807) is 13.8 Å². The standard InChI is InChI=1S/C18H38N4O2S/c1-4-5-6-7-8-9-10-11-12-13-14-22-15-19-18(20-16-22)21-25(23,24)17(2)3/h17H,4-16H2,1-3H3,(H2,19,20,21). The molecule has 7 heteroatoms. The summed E-state index contributed by atoms with van der Waals surface area (Å²) in [5, 5.41) is 2.59. The summed E-state index contributed by atoms with van der Waals surface area (Å²) in [7, 11) is -3.31. The van der Waals surface area contributed by atoms with Crippen molar-refractivity contribution in [3.05, 3.63) is 0 Å². The van der Waals surface area contributed by atoms with Crippen LogP contribution in [-0.2, 0) is 10.0 Å². The molecule has 0 saturated carbocycles. The fourth-order valence-electron chi connectivity index (χ4n) is 2.76. The van der Waals surface area contributed by atoms with E-state index in [1.807, 2.05) is 0 Å². The molecule has 0 amide bonds. The highest BCUT2D eigenvalue weighted by Gasteiger charge is 2.20. The number of nitrogens with one attached hydrogen (secondary N) is 2. The van der Waals surface area contributed by atoms with Gasteiger partial charge in [-0.2, -0.15) is 0 Å². The topological polar surface area (TPSA) is 73.8 Å². The number of hydrogen-bond acceptors (Lipinski definition) is 5. The summed E-state index contributed by atoms with van der Waals surface area (Å²) in [6.07, 6.45) is 13.4. The predicted octanol–water partition coefficient (Wildman–Crippen LogP) is 3.41. The first-order chi connectivity index (χ1) is 12.0. The molecule has 1 heterocycles. The molecule has 1 aliphatic rings. The van der Waals surface area contributed by atoms with E-state index in [0.29, 0.717) is 19.3 Å². The van der Waals surface area contributed by atoms with Crippen LogP contribution in [0.15, 0.2) is 4.99 Å². The average Bonchev–Trinajstić information content (AvgIpc) is 2.57. The van der Waals surface area contributed by atoms with Crippen LogP contribution < -0.4 is 10.0 Å². The number of rotatable bonds is 13. The van der Waals surface area contributed by atoms with Crippen LogP contribution in [-0.4, -0.2) is 44.4 Å². The van der Waals surface area contributed by atoms with Gasteiger partial charge in [0.2, 0.25) is 16.0 Å². The van der Waals surface area contributed by atoms with Crippen molar-refractivity contribution in [2.75, 3.05) is 19.9 Å². The number of unbranched alkanes of at least 4 members (excludes halogenated alkanes) is 9. The van der Waals surface area contributed by atoms with Crippen LogP contribution >= 0.6 is 0 Å². The fourth-order valence-corrected chi connectivity index (χ4v) is 3.40. The minimum Gasteiger partial charge on any atom is -0.343 e. The van der Waals surface area contributed by atoms with Gasteiger partial charge in [-0.3, -0.25) is 9.62 Å². The number of aliphatic imine (C=N–C) groups is 1. The summed E-state index contributed by atoms with van der Waals surface area (Å²) in [4.78, 5) is 6.49. The van der Waals surface area contributed by atoms with Crippen molar-refractivity contribution in [1.82, 2.24) is 14.9 Å². The number of nitrogens with zero attached hydrogens (tertiary/aromatic N) is 2. The lowest BCUT2D eigenvalue weighted by Gasteiger charge is -2.27. The highest BCUT2D eigenvalue weighted by Crippen LogP contribution is 2.11. The van der Waals surface area contributed by atoms with E-state index in [0.717, 1.165) is 6.54 Å². The molecule has 2 N–H and O–H groups in total. The van der Waals surface area contributed by atoms with E-state index in [9.17, 15) is 8.42 Å². The molecule has 0 aromatic carbocycles. The van der Waals surface area contributed by atoms with Gasteiger partial charge in [0.25, 0.3) is 0 Å². The van der Waals surface area contributed by atoms with Gasteiger partial charge in [0.15, 0.2) is 0 Å². The smallest absolute Gasteiger partial charge is 0.237 e. The third-order valence-electron chi connectivity index (χ3n) is 4.59. The monoisotopic (exact) mass is 374 g/mol. The second-order valence-corrected chi connectivity index (χ2v) is 9.49. The molecular weight excluding hydrogens is 336 g/mol. The van der Waals surface area contributed by atoms with Crippen LogP contribution in [0.5, 0.6) is 0 Å². The molecule has 0 atom stereocenters. The van der Waals surface area contributed by atoms with Crippen molar-refractivity contribution in [1.29, 1.82) is 0 Å². The van der Waals surface area contributed by atoms with Crippen LogP contribution in [0.2, 0.25) is 0 Å². The Balaban J connectivity index is 2.03. The largest absolute Gasteiger partial charge is 0.343 e. The first kappa shape index (κ1) is 22.2. The first-order valence-corrected chi connectivity index (χ1v) is 11.5. The molecule has 0 aliphatic carbocycles. The molecule has 25 heavy (non-hydrogen) atoms. The second kappa shape index (κ2) is 12.5. The highest BCUT2D eigenvalue weighted by molar-refractivity contribution is 7.90. The van der Waals surface area contributed by atoms with E-state index in [4.69, 9.17) is 0 Å². The molecule has 0 unspecified atom stereocenters. The quantitative estimate of drug-likeness (QED) is 0.485. The normalized spacial score (nSPS) is 15.9. The molecule has 0 aromatic heterocycles. The van der Waals surface area contributed by atoms with Crippen LogP contribution in [0.1, 0.15) is 85.0 Å². The molecule has 0 fully saturated rings. The van der Waals surface area contributed by atoms with E-state index in [-0.39, 0.29) is 0 Å². The lowest BCUT2D eigenvalue weighted by molar-refractivity contribution is 0.257. The van der Waals surface area contributed by atoms with Crippen LogP contribution in [0.4, 0.5) is 0 Å². The molecule has 1 rings (SSSR count). The van der Waals surface area contributed by atoms with Gasteiger partial charge in [0.1, 0.15) is 0 Å². The fraction of sp³-hybridized carbons (Fsp3) is 0.944. The number of guanidine groups is 1. The van der Waals surface area contributed by atoms with Crippen molar-refractivity contribution in [3.8, 4) is 0 Å².